The second-order valence-electron chi connectivity index (χ2n) is 5.20. The lowest BCUT2D eigenvalue weighted by Gasteiger charge is -2.42. The van der Waals surface area contributed by atoms with Gasteiger partial charge in [0.2, 0.25) is 0 Å². The number of nitrogens with zero attached hydrogens (tertiary/aromatic N) is 1. The van der Waals surface area contributed by atoms with Crippen LogP contribution in [0.25, 0.3) is 0 Å². The molecule has 5 nitrogen and oxygen atoms in total. The average Bonchev–Trinajstić information content (AvgIpc) is 3.06. The minimum absolute atomic E-state index is 0.0800. The number of methoxy groups -OCH3 is 1. The van der Waals surface area contributed by atoms with E-state index in [1.165, 1.54) is 37.1 Å². The molecule has 0 spiro atoms. The SMILES string of the molecule is COC(=O)CSC1(c2cccs2)C(C(C)=O)=C(C)NCC1C#N. The molecule has 7 heteroatoms. The van der Waals surface area contributed by atoms with Crippen LogP contribution in [0, 0.1) is 17.2 Å². The molecule has 1 N–H and O–H groups in total. The molecule has 1 aromatic heterocycles. The van der Waals surface area contributed by atoms with Crippen LogP contribution >= 0.6 is 23.1 Å². The van der Waals surface area contributed by atoms with E-state index in [1.807, 2.05) is 24.4 Å². The number of thiophene rings is 1. The molecular weight excluding hydrogens is 332 g/mol. The first kappa shape index (κ1) is 17.6. The topological polar surface area (TPSA) is 79.2 Å². The number of ketones is 1. The zero-order valence-electron chi connectivity index (χ0n) is 13.2. The Kier molecular flexibility index (Phi) is 5.50. The maximum absolute atomic E-state index is 12.4. The van der Waals surface area contributed by atoms with Gasteiger partial charge in [-0.05, 0) is 25.3 Å². The van der Waals surface area contributed by atoms with Gasteiger partial charge in [0, 0.05) is 22.7 Å². The number of nitrogens with one attached hydrogen (secondary N) is 1. The smallest absolute Gasteiger partial charge is 0.315 e. The van der Waals surface area contributed by atoms with Crippen molar-refractivity contribution in [3.63, 3.8) is 0 Å². The highest BCUT2D eigenvalue weighted by Gasteiger charge is 2.50. The Morgan fingerprint density at radius 1 is 1.61 bits per heavy atom. The third-order valence-electron chi connectivity index (χ3n) is 3.85. The van der Waals surface area contributed by atoms with Crippen LogP contribution in [-0.2, 0) is 19.1 Å². The normalized spacial score (nSPS) is 23.8. The van der Waals surface area contributed by atoms with Gasteiger partial charge in [-0.2, -0.15) is 5.26 Å². The molecule has 2 rings (SSSR count). The number of esters is 1. The summed E-state index contributed by atoms with van der Waals surface area (Å²) in [5, 5.41) is 14.7. The number of hydrogen-bond acceptors (Lipinski definition) is 7. The summed E-state index contributed by atoms with van der Waals surface area (Å²) in [6.07, 6.45) is 0. The molecule has 0 aromatic carbocycles. The third kappa shape index (κ3) is 3.14. The van der Waals surface area contributed by atoms with E-state index in [0.717, 1.165) is 10.6 Å². The number of ether oxygens (including phenoxy) is 1. The lowest BCUT2D eigenvalue weighted by atomic mass is 9.79. The first-order valence-corrected chi connectivity index (χ1v) is 8.94. The number of allylic oxidation sites excluding steroid dienone is 1. The minimum Gasteiger partial charge on any atom is -0.468 e. The van der Waals surface area contributed by atoms with Crippen molar-refractivity contribution in [1.82, 2.24) is 5.32 Å². The van der Waals surface area contributed by atoms with E-state index in [-0.39, 0.29) is 17.5 Å². The molecule has 2 unspecified atom stereocenters. The fourth-order valence-corrected chi connectivity index (χ4v) is 5.52. The predicted molar refractivity (Wildman–Crippen MR) is 91.0 cm³/mol. The number of rotatable bonds is 5. The summed E-state index contributed by atoms with van der Waals surface area (Å²) < 4.78 is 3.89. The second kappa shape index (κ2) is 7.20. The zero-order chi connectivity index (χ0) is 17.0. The summed E-state index contributed by atoms with van der Waals surface area (Å²) in [6.45, 7) is 3.78. The number of nitriles is 1. The van der Waals surface area contributed by atoms with Gasteiger partial charge in [0.1, 0.15) is 0 Å². The zero-order valence-corrected chi connectivity index (χ0v) is 14.8. The van der Waals surface area contributed by atoms with Crippen molar-refractivity contribution in [3.05, 3.63) is 33.7 Å². The van der Waals surface area contributed by atoms with Gasteiger partial charge < -0.3 is 10.1 Å². The van der Waals surface area contributed by atoms with Gasteiger partial charge in [-0.1, -0.05) is 6.07 Å². The molecule has 2 heterocycles. The molecule has 0 fully saturated rings. The van der Waals surface area contributed by atoms with Gasteiger partial charge in [-0.15, -0.1) is 23.1 Å². The van der Waals surface area contributed by atoms with E-state index in [4.69, 9.17) is 4.74 Å². The van der Waals surface area contributed by atoms with Gasteiger partial charge in [0.05, 0.1) is 29.6 Å². The van der Waals surface area contributed by atoms with Crippen LogP contribution in [0.4, 0.5) is 0 Å². The van der Waals surface area contributed by atoms with Crippen molar-refractivity contribution in [2.45, 2.75) is 18.6 Å². The van der Waals surface area contributed by atoms with Crippen molar-refractivity contribution in [3.8, 4) is 6.07 Å². The van der Waals surface area contributed by atoms with Crippen LogP contribution in [-0.4, -0.2) is 31.2 Å². The van der Waals surface area contributed by atoms with Crippen LogP contribution in [0.1, 0.15) is 18.7 Å². The first-order chi connectivity index (χ1) is 11.0. The van der Waals surface area contributed by atoms with Gasteiger partial charge in [0.25, 0.3) is 0 Å². The summed E-state index contributed by atoms with van der Waals surface area (Å²) in [4.78, 5) is 25.0. The fourth-order valence-electron chi connectivity index (χ4n) is 2.86. The first-order valence-electron chi connectivity index (χ1n) is 7.07. The van der Waals surface area contributed by atoms with Crippen molar-refractivity contribution in [2.75, 3.05) is 19.4 Å². The van der Waals surface area contributed by atoms with Crippen LogP contribution < -0.4 is 5.32 Å². The number of carbonyl (C=O) groups is 2. The van der Waals surface area contributed by atoms with E-state index in [9.17, 15) is 14.9 Å². The standard InChI is InChI=1S/C16H18N2O3S2/c1-10-15(11(2)19)16(12(7-17)8-18-10,13-5-4-6-22-13)23-9-14(20)21-3/h4-6,12,18H,8-9H2,1-3H3. The van der Waals surface area contributed by atoms with Gasteiger partial charge >= 0.3 is 5.97 Å². The molecule has 1 aromatic rings. The largest absolute Gasteiger partial charge is 0.468 e. The van der Waals surface area contributed by atoms with Crippen molar-refractivity contribution < 1.29 is 14.3 Å². The van der Waals surface area contributed by atoms with Crippen LogP contribution in [0.5, 0.6) is 0 Å². The van der Waals surface area contributed by atoms with Gasteiger partial charge in [-0.3, -0.25) is 9.59 Å². The third-order valence-corrected chi connectivity index (χ3v) is 6.53. The summed E-state index contributed by atoms with van der Waals surface area (Å²) in [5.41, 5.74) is 1.32. The molecule has 0 aliphatic carbocycles. The Morgan fingerprint density at radius 3 is 2.87 bits per heavy atom. The molecule has 0 saturated heterocycles. The van der Waals surface area contributed by atoms with Gasteiger partial charge in [0.15, 0.2) is 5.78 Å². The molecule has 23 heavy (non-hydrogen) atoms. The average molecular weight is 350 g/mol. The Hall–Kier alpha value is -1.78. The summed E-state index contributed by atoms with van der Waals surface area (Å²) in [6, 6.07) is 6.13. The molecule has 0 amide bonds. The monoisotopic (exact) mass is 350 g/mol. The molecule has 0 radical (unpaired) electrons. The van der Waals surface area contributed by atoms with Crippen LogP contribution in [0.2, 0.25) is 0 Å². The van der Waals surface area contributed by atoms with E-state index in [2.05, 4.69) is 11.4 Å². The van der Waals surface area contributed by atoms with Crippen molar-refractivity contribution >= 4 is 34.9 Å². The summed E-state index contributed by atoms with van der Waals surface area (Å²) in [5.74, 6) is -0.850. The maximum Gasteiger partial charge on any atom is 0.315 e. The molecule has 0 bridgehead atoms. The van der Waals surface area contributed by atoms with E-state index >= 15 is 0 Å². The fraction of sp³-hybridized carbons (Fsp3) is 0.438. The number of thioether (sulfide) groups is 1. The molecule has 2 atom stereocenters. The number of Topliss-reactive ketones (excluding diaryl/α,β-unsaturated/α-hetero) is 1. The van der Waals surface area contributed by atoms with Crippen LogP contribution in [0.3, 0.4) is 0 Å². The highest BCUT2D eigenvalue weighted by molar-refractivity contribution is 8.01. The van der Waals surface area contributed by atoms with E-state index < -0.39 is 10.7 Å². The lowest BCUT2D eigenvalue weighted by Crippen LogP contribution is -2.47. The summed E-state index contributed by atoms with van der Waals surface area (Å²) >= 11 is 2.79. The number of hydrogen-bond donors (Lipinski definition) is 1. The van der Waals surface area contributed by atoms with Crippen molar-refractivity contribution in [2.24, 2.45) is 5.92 Å². The minimum atomic E-state index is -0.849. The van der Waals surface area contributed by atoms with E-state index in [0.29, 0.717) is 12.1 Å². The Bertz CT molecular complexity index is 676. The molecule has 1 aliphatic heterocycles. The molecule has 0 saturated carbocycles. The Labute approximate surface area is 143 Å². The van der Waals surface area contributed by atoms with E-state index in [1.54, 1.807) is 0 Å². The second-order valence-corrected chi connectivity index (χ2v) is 7.37. The molecular formula is C16H18N2O3S2. The van der Waals surface area contributed by atoms with Crippen molar-refractivity contribution in [1.29, 1.82) is 5.26 Å². The van der Waals surface area contributed by atoms with Crippen LogP contribution in [0.15, 0.2) is 28.8 Å². The number of carbonyl (C=O) groups excluding carboxylic acids is 2. The Morgan fingerprint density at radius 2 is 2.35 bits per heavy atom. The lowest BCUT2D eigenvalue weighted by molar-refractivity contribution is -0.137. The Balaban J connectivity index is 2.63. The molecule has 122 valence electrons. The highest BCUT2D eigenvalue weighted by Crippen LogP contribution is 2.52. The summed E-state index contributed by atoms with van der Waals surface area (Å²) in [7, 11) is 1.33. The predicted octanol–water partition coefficient (Wildman–Crippen LogP) is 2.46. The maximum atomic E-state index is 12.4. The molecule has 1 aliphatic rings. The highest BCUT2D eigenvalue weighted by atomic mass is 32.2. The quantitative estimate of drug-likeness (QED) is 0.822. The van der Waals surface area contributed by atoms with Gasteiger partial charge in [-0.25, -0.2) is 0 Å².